The zero-order valence-electron chi connectivity index (χ0n) is 15.1. The molecule has 5 nitrogen and oxygen atoms in total. The summed E-state index contributed by atoms with van der Waals surface area (Å²) in [6, 6.07) is 8.24. The minimum Gasteiger partial charge on any atom is -0.379 e. The summed E-state index contributed by atoms with van der Waals surface area (Å²) in [4.78, 5) is 6.74. The number of aliphatic imine (C=N–C) groups is 1. The van der Waals surface area contributed by atoms with Gasteiger partial charge in [0, 0.05) is 37.2 Å². The summed E-state index contributed by atoms with van der Waals surface area (Å²) in [6.07, 6.45) is 0. The van der Waals surface area contributed by atoms with Gasteiger partial charge >= 0.3 is 0 Å². The Bertz CT molecular complexity index is 550. The molecule has 1 heterocycles. The van der Waals surface area contributed by atoms with Crippen LogP contribution in [-0.4, -0.2) is 56.3 Å². The van der Waals surface area contributed by atoms with E-state index >= 15 is 0 Å². The van der Waals surface area contributed by atoms with Crippen molar-refractivity contribution in [2.24, 2.45) is 4.99 Å². The van der Waals surface area contributed by atoms with E-state index in [1.807, 2.05) is 18.2 Å². The highest BCUT2D eigenvalue weighted by atomic mass is 35.5. The molecule has 1 aromatic rings. The fraction of sp³-hybridized carbons (Fsp3) is 0.611. The third kappa shape index (κ3) is 5.65. The summed E-state index contributed by atoms with van der Waals surface area (Å²) in [5.74, 6) is 0.799. The predicted octanol–water partition coefficient (Wildman–Crippen LogP) is 2.68. The highest BCUT2D eigenvalue weighted by Crippen LogP contribution is 2.27. The van der Waals surface area contributed by atoms with E-state index in [4.69, 9.17) is 16.3 Å². The summed E-state index contributed by atoms with van der Waals surface area (Å²) >= 11 is 6.46. The van der Waals surface area contributed by atoms with Gasteiger partial charge in [-0.1, -0.05) is 29.8 Å². The van der Waals surface area contributed by atoms with Crippen molar-refractivity contribution in [2.45, 2.75) is 32.4 Å². The molecule has 1 aliphatic rings. The van der Waals surface area contributed by atoms with Gasteiger partial charge in [0.1, 0.15) is 0 Å². The molecule has 0 saturated carbocycles. The summed E-state index contributed by atoms with van der Waals surface area (Å²) in [7, 11) is 1.79. The van der Waals surface area contributed by atoms with Crippen molar-refractivity contribution >= 4 is 17.6 Å². The van der Waals surface area contributed by atoms with Crippen LogP contribution < -0.4 is 10.6 Å². The lowest BCUT2D eigenvalue weighted by molar-refractivity contribution is 0.0170. The van der Waals surface area contributed by atoms with Crippen LogP contribution in [0.3, 0.4) is 0 Å². The predicted molar refractivity (Wildman–Crippen MR) is 101 cm³/mol. The first-order valence-electron chi connectivity index (χ1n) is 8.46. The van der Waals surface area contributed by atoms with E-state index in [2.05, 4.69) is 47.4 Å². The van der Waals surface area contributed by atoms with Crippen LogP contribution in [0.15, 0.2) is 29.3 Å². The largest absolute Gasteiger partial charge is 0.379 e. The molecule has 0 bridgehead atoms. The summed E-state index contributed by atoms with van der Waals surface area (Å²) < 4.78 is 5.50. The van der Waals surface area contributed by atoms with Gasteiger partial charge in [-0.3, -0.25) is 9.89 Å². The lowest BCUT2D eigenvalue weighted by Crippen LogP contribution is -2.50. The summed E-state index contributed by atoms with van der Waals surface area (Å²) in [6.45, 7) is 10.4. The summed E-state index contributed by atoms with van der Waals surface area (Å²) in [5, 5.41) is 7.64. The number of nitrogens with zero attached hydrogens (tertiary/aromatic N) is 2. The Morgan fingerprint density at radius 3 is 2.54 bits per heavy atom. The Morgan fingerprint density at radius 2 is 1.96 bits per heavy atom. The molecule has 6 heteroatoms. The molecule has 0 radical (unpaired) electrons. The topological polar surface area (TPSA) is 48.9 Å². The van der Waals surface area contributed by atoms with Crippen LogP contribution in [0.5, 0.6) is 0 Å². The molecule has 134 valence electrons. The molecule has 0 aromatic heterocycles. The Balaban J connectivity index is 2.13. The molecule has 1 aliphatic heterocycles. The Kier molecular flexibility index (Phi) is 6.90. The van der Waals surface area contributed by atoms with Crippen molar-refractivity contribution in [2.75, 3.05) is 39.9 Å². The number of benzene rings is 1. The maximum absolute atomic E-state index is 6.46. The average molecular weight is 353 g/mol. The van der Waals surface area contributed by atoms with Crippen LogP contribution >= 0.6 is 11.6 Å². The standard InChI is InChI=1S/C18H29ClN4O/c1-18(2,3)22-17(20-4)21-13-16(23-9-11-24-12-10-23)14-7-5-6-8-15(14)19/h5-8,16H,9-13H2,1-4H3,(H2,20,21,22). The van der Waals surface area contributed by atoms with Crippen molar-refractivity contribution in [3.05, 3.63) is 34.9 Å². The number of hydrogen-bond acceptors (Lipinski definition) is 3. The first-order valence-corrected chi connectivity index (χ1v) is 8.83. The number of rotatable bonds is 4. The van der Waals surface area contributed by atoms with Crippen LogP contribution in [-0.2, 0) is 4.74 Å². The zero-order valence-corrected chi connectivity index (χ0v) is 15.9. The molecule has 2 N–H and O–H groups in total. The molecule has 24 heavy (non-hydrogen) atoms. The fourth-order valence-electron chi connectivity index (χ4n) is 2.80. The monoisotopic (exact) mass is 352 g/mol. The minimum absolute atomic E-state index is 0.0410. The lowest BCUT2D eigenvalue weighted by Gasteiger charge is -2.36. The molecule has 0 aliphatic carbocycles. The Labute approximate surface area is 150 Å². The second-order valence-corrected chi connectivity index (χ2v) is 7.42. The number of morpholine rings is 1. The maximum atomic E-state index is 6.46. The second kappa shape index (κ2) is 8.70. The third-order valence-electron chi connectivity index (χ3n) is 3.93. The van der Waals surface area contributed by atoms with E-state index in [1.165, 1.54) is 0 Å². The first kappa shape index (κ1) is 19.0. The highest BCUT2D eigenvalue weighted by Gasteiger charge is 2.25. The number of hydrogen-bond donors (Lipinski definition) is 2. The van der Waals surface area contributed by atoms with E-state index in [9.17, 15) is 0 Å². The zero-order chi connectivity index (χ0) is 17.6. The highest BCUT2D eigenvalue weighted by molar-refractivity contribution is 6.31. The average Bonchev–Trinajstić information content (AvgIpc) is 2.55. The van der Waals surface area contributed by atoms with Crippen molar-refractivity contribution in [3.8, 4) is 0 Å². The van der Waals surface area contributed by atoms with Crippen LogP contribution in [0.25, 0.3) is 0 Å². The Morgan fingerprint density at radius 1 is 1.29 bits per heavy atom. The molecule has 1 aromatic carbocycles. The molecule has 1 unspecified atom stereocenters. The minimum atomic E-state index is -0.0410. The SMILES string of the molecule is CN=C(NCC(c1ccccc1Cl)N1CCOCC1)NC(C)(C)C. The van der Waals surface area contributed by atoms with Gasteiger partial charge in [0.15, 0.2) is 5.96 Å². The van der Waals surface area contributed by atoms with Crippen LogP contribution in [0.2, 0.25) is 5.02 Å². The molecule has 0 amide bonds. The van der Waals surface area contributed by atoms with E-state index in [-0.39, 0.29) is 11.6 Å². The molecule has 1 atom stereocenters. The van der Waals surface area contributed by atoms with E-state index in [0.717, 1.165) is 49.4 Å². The van der Waals surface area contributed by atoms with Gasteiger partial charge in [0.2, 0.25) is 0 Å². The summed E-state index contributed by atoms with van der Waals surface area (Å²) in [5.41, 5.74) is 1.10. The number of nitrogens with one attached hydrogen (secondary N) is 2. The van der Waals surface area contributed by atoms with Crippen LogP contribution in [0.1, 0.15) is 32.4 Å². The number of guanidine groups is 1. The molecule has 1 saturated heterocycles. The normalized spacial score (nSPS) is 18.3. The maximum Gasteiger partial charge on any atom is 0.191 e. The van der Waals surface area contributed by atoms with Gasteiger partial charge in [-0.15, -0.1) is 0 Å². The van der Waals surface area contributed by atoms with Gasteiger partial charge in [-0.25, -0.2) is 0 Å². The third-order valence-corrected chi connectivity index (χ3v) is 4.27. The molecular weight excluding hydrogens is 324 g/mol. The number of ether oxygens (including phenoxy) is 1. The number of halogens is 1. The van der Waals surface area contributed by atoms with Gasteiger partial charge in [0.05, 0.1) is 19.3 Å². The van der Waals surface area contributed by atoms with Crippen molar-refractivity contribution in [1.82, 2.24) is 15.5 Å². The van der Waals surface area contributed by atoms with Gasteiger partial charge in [-0.05, 0) is 32.4 Å². The fourth-order valence-corrected chi connectivity index (χ4v) is 3.06. The molecule has 1 fully saturated rings. The quantitative estimate of drug-likeness (QED) is 0.646. The van der Waals surface area contributed by atoms with Gasteiger partial charge in [-0.2, -0.15) is 0 Å². The van der Waals surface area contributed by atoms with Crippen molar-refractivity contribution in [3.63, 3.8) is 0 Å². The van der Waals surface area contributed by atoms with Crippen LogP contribution in [0.4, 0.5) is 0 Å². The van der Waals surface area contributed by atoms with Gasteiger partial charge < -0.3 is 15.4 Å². The Hall–Kier alpha value is -1.30. The molecule has 2 rings (SSSR count). The van der Waals surface area contributed by atoms with Crippen LogP contribution in [0, 0.1) is 0 Å². The van der Waals surface area contributed by atoms with Crippen molar-refractivity contribution in [1.29, 1.82) is 0 Å². The van der Waals surface area contributed by atoms with E-state index in [1.54, 1.807) is 7.05 Å². The van der Waals surface area contributed by atoms with Crippen molar-refractivity contribution < 1.29 is 4.74 Å². The van der Waals surface area contributed by atoms with E-state index < -0.39 is 0 Å². The molecular formula is C18H29ClN4O. The first-order chi connectivity index (χ1) is 11.4. The smallest absolute Gasteiger partial charge is 0.191 e. The second-order valence-electron chi connectivity index (χ2n) is 7.01. The lowest BCUT2D eigenvalue weighted by atomic mass is 10.0. The molecule has 0 spiro atoms. The van der Waals surface area contributed by atoms with E-state index in [0.29, 0.717) is 0 Å². The van der Waals surface area contributed by atoms with Gasteiger partial charge in [0.25, 0.3) is 0 Å².